The minimum absolute atomic E-state index is 0.0601. The molecule has 0 saturated carbocycles. The van der Waals surface area contributed by atoms with E-state index in [1.54, 1.807) is 19.9 Å². The van der Waals surface area contributed by atoms with Gasteiger partial charge in [0, 0.05) is 12.2 Å². The molecule has 6 heteroatoms. The van der Waals surface area contributed by atoms with E-state index in [1.165, 1.54) is 0 Å². The molecule has 0 aliphatic heterocycles. The molecule has 3 rings (SSSR count). The Balaban J connectivity index is 1.88. The summed E-state index contributed by atoms with van der Waals surface area (Å²) >= 11 is 0. The Kier molecular flexibility index (Phi) is 4.08. The number of hydrogen-bond donors (Lipinski definition) is 2. The average Bonchev–Trinajstić information content (AvgIpc) is 2.93. The molecule has 0 radical (unpaired) electrons. The van der Waals surface area contributed by atoms with Crippen molar-refractivity contribution in [2.24, 2.45) is 0 Å². The number of nitrogens with zero attached hydrogens (tertiary/aromatic N) is 2. The van der Waals surface area contributed by atoms with Crippen LogP contribution in [0.3, 0.4) is 0 Å². The second-order valence-electron chi connectivity index (χ2n) is 5.37. The second-order valence-corrected chi connectivity index (χ2v) is 5.37. The maximum absolute atomic E-state index is 12.6. The molecule has 118 valence electrons. The number of rotatable bonds is 4. The first-order chi connectivity index (χ1) is 11.1. The van der Waals surface area contributed by atoms with E-state index >= 15 is 0 Å². The molecule has 1 aromatic carbocycles. The van der Waals surface area contributed by atoms with Gasteiger partial charge in [0.05, 0.1) is 23.3 Å². The third kappa shape index (κ3) is 2.93. The van der Waals surface area contributed by atoms with Crippen LogP contribution in [0.5, 0.6) is 0 Å². The van der Waals surface area contributed by atoms with Crippen molar-refractivity contribution < 1.29 is 14.4 Å². The molecule has 2 aromatic heterocycles. The Morgan fingerprint density at radius 3 is 2.74 bits per heavy atom. The summed E-state index contributed by atoms with van der Waals surface area (Å²) in [5.74, 6) is -0.223. The van der Waals surface area contributed by atoms with Crippen LogP contribution >= 0.6 is 0 Å². The first kappa shape index (κ1) is 15.2. The number of nitrogens with one attached hydrogen (secondary N) is 1. The van der Waals surface area contributed by atoms with Gasteiger partial charge in [0.25, 0.3) is 11.6 Å². The van der Waals surface area contributed by atoms with Crippen LogP contribution in [0.15, 0.2) is 34.9 Å². The first-order valence-electron chi connectivity index (χ1n) is 7.29. The molecule has 6 nitrogen and oxygen atoms in total. The van der Waals surface area contributed by atoms with Crippen LogP contribution in [0.4, 0.5) is 0 Å². The summed E-state index contributed by atoms with van der Waals surface area (Å²) in [4.78, 5) is 16.8. The van der Waals surface area contributed by atoms with Gasteiger partial charge in [-0.15, -0.1) is 0 Å². The first-order valence-corrected chi connectivity index (χ1v) is 7.29. The van der Waals surface area contributed by atoms with Gasteiger partial charge in [-0.25, -0.2) is 4.98 Å². The highest BCUT2D eigenvalue weighted by Gasteiger charge is 2.17. The molecule has 0 unspecified atom stereocenters. The number of fused-ring (bicyclic) bond motifs is 1. The van der Waals surface area contributed by atoms with Crippen LogP contribution in [0.1, 0.15) is 32.9 Å². The van der Waals surface area contributed by atoms with Crippen molar-refractivity contribution in [3.63, 3.8) is 0 Å². The van der Waals surface area contributed by atoms with E-state index in [9.17, 15) is 9.90 Å². The Morgan fingerprint density at radius 2 is 2.00 bits per heavy atom. The summed E-state index contributed by atoms with van der Waals surface area (Å²) in [6, 6.07) is 9.16. The number of aryl methyl sites for hydroxylation is 2. The van der Waals surface area contributed by atoms with Crippen molar-refractivity contribution in [3.8, 4) is 0 Å². The fraction of sp³-hybridized carbons (Fsp3) is 0.235. The fourth-order valence-corrected chi connectivity index (χ4v) is 2.55. The number of carbonyl (C=O) groups excluding carboxylic acids is 1. The minimum atomic E-state index is -0.223. The lowest BCUT2D eigenvalue weighted by Gasteiger charge is -2.10. The lowest BCUT2D eigenvalue weighted by Crippen LogP contribution is -2.24. The molecule has 0 aliphatic carbocycles. The van der Waals surface area contributed by atoms with Gasteiger partial charge in [-0.1, -0.05) is 29.4 Å². The Hall–Kier alpha value is -2.73. The minimum Gasteiger partial charge on any atom is -0.392 e. The van der Waals surface area contributed by atoms with Gasteiger partial charge >= 0.3 is 0 Å². The summed E-state index contributed by atoms with van der Waals surface area (Å²) in [6.07, 6.45) is 0. The van der Waals surface area contributed by atoms with Crippen molar-refractivity contribution >= 4 is 17.0 Å². The average molecular weight is 311 g/mol. The highest BCUT2D eigenvalue weighted by molar-refractivity contribution is 6.06. The van der Waals surface area contributed by atoms with E-state index in [4.69, 9.17) is 4.52 Å². The third-order valence-electron chi connectivity index (χ3n) is 3.72. The highest BCUT2D eigenvalue weighted by Crippen LogP contribution is 2.22. The third-order valence-corrected chi connectivity index (χ3v) is 3.72. The smallest absolute Gasteiger partial charge is 0.258 e. The zero-order valence-corrected chi connectivity index (χ0v) is 13.0. The number of pyridine rings is 1. The number of aliphatic hydroxyl groups is 1. The molecule has 23 heavy (non-hydrogen) atoms. The molecular weight excluding hydrogens is 294 g/mol. The summed E-state index contributed by atoms with van der Waals surface area (Å²) in [6.45, 7) is 3.86. The van der Waals surface area contributed by atoms with E-state index in [0.717, 1.165) is 11.1 Å². The van der Waals surface area contributed by atoms with E-state index in [2.05, 4.69) is 15.5 Å². The normalized spacial score (nSPS) is 10.9. The summed E-state index contributed by atoms with van der Waals surface area (Å²) in [5, 5.41) is 16.7. The largest absolute Gasteiger partial charge is 0.392 e. The van der Waals surface area contributed by atoms with Gasteiger partial charge in [-0.2, -0.15) is 0 Å². The standard InChI is InChI=1S/C17H17N3O3/c1-10-7-14(15-11(2)20-23-17(15)19-10)16(22)18-8-12-5-3-4-6-13(12)9-21/h3-7,21H,8-9H2,1-2H3,(H,18,22). The van der Waals surface area contributed by atoms with Crippen LogP contribution < -0.4 is 5.32 Å². The van der Waals surface area contributed by atoms with Crippen LogP contribution in [-0.4, -0.2) is 21.2 Å². The quantitative estimate of drug-likeness (QED) is 0.771. The molecule has 1 amide bonds. The summed E-state index contributed by atoms with van der Waals surface area (Å²) in [5.41, 5.74) is 3.86. The van der Waals surface area contributed by atoms with Gasteiger partial charge in [0.2, 0.25) is 0 Å². The van der Waals surface area contributed by atoms with Gasteiger partial charge < -0.3 is 14.9 Å². The Bertz CT molecular complexity index is 871. The van der Waals surface area contributed by atoms with E-state index < -0.39 is 0 Å². The number of aliphatic hydroxyl groups excluding tert-OH is 1. The van der Waals surface area contributed by atoms with Gasteiger partial charge in [0.1, 0.15) is 0 Å². The summed E-state index contributed by atoms with van der Waals surface area (Å²) < 4.78 is 5.15. The number of carbonyl (C=O) groups is 1. The molecule has 0 atom stereocenters. The fourth-order valence-electron chi connectivity index (χ4n) is 2.55. The number of amides is 1. The predicted molar refractivity (Wildman–Crippen MR) is 84.8 cm³/mol. The van der Waals surface area contributed by atoms with E-state index in [0.29, 0.717) is 34.6 Å². The van der Waals surface area contributed by atoms with Crippen LogP contribution in [-0.2, 0) is 13.2 Å². The van der Waals surface area contributed by atoms with E-state index in [1.807, 2.05) is 24.3 Å². The predicted octanol–water partition coefficient (Wildman–Crippen LogP) is 2.26. The molecular formula is C17H17N3O3. The molecule has 3 aromatic rings. The summed E-state index contributed by atoms with van der Waals surface area (Å²) in [7, 11) is 0. The SMILES string of the molecule is Cc1cc(C(=O)NCc2ccccc2CO)c2c(C)noc2n1. The zero-order chi connectivity index (χ0) is 16.4. The molecule has 0 bridgehead atoms. The molecule has 2 heterocycles. The topological polar surface area (TPSA) is 88.2 Å². The molecule has 0 saturated heterocycles. The van der Waals surface area contributed by atoms with Crippen molar-refractivity contribution in [2.45, 2.75) is 27.0 Å². The van der Waals surface area contributed by atoms with Crippen molar-refractivity contribution in [3.05, 3.63) is 58.4 Å². The lowest BCUT2D eigenvalue weighted by atomic mass is 10.1. The molecule has 2 N–H and O–H groups in total. The number of aromatic nitrogens is 2. The van der Waals surface area contributed by atoms with Gasteiger partial charge in [-0.05, 0) is 31.0 Å². The lowest BCUT2D eigenvalue weighted by molar-refractivity contribution is 0.0952. The van der Waals surface area contributed by atoms with Crippen LogP contribution in [0.2, 0.25) is 0 Å². The zero-order valence-electron chi connectivity index (χ0n) is 13.0. The Labute approximate surface area is 133 Å². The van der Waals surface area contributed by atoms with Crippen LogP contribution in [0, 0.1) is 13.8 Å². The van der Waals surface area contributed by atoms with Crippen molar-refractivity contribution in [2.75, 3.05) is 0 Å². The van der Waals surface area contributed by atoms with E-state index in [-0.39, 0.29) is 12.5 Å². The molecule has 0 fully saturated rings. The van der Waals surface area contributed by atoms with Crippen LogP contribution in [0.25, 0.3) is 11.1 Å². The number of hydrogen-bond acceptors (Lipinski definition) is 5. The van der Waals surface area contributed by atoms with Gasteiger partial charge in [0.15, 0.2) is 0 Å². The second kappa shape index (κ2) is 6.18. The monoisotopic (exact) mass is 311 g/mol. The number of benzene rings is 1. The maximum Gasteiger partial charge on any atom is 0.258 e. The van der Waals surface area contributed by atoms with Crippen molar-refractivity contribution in [1.82, 2.24) is 15.5 Å². The highest BCUT2D eigenvalue weighted by atomic mass is 16.5. The van der Waals surface area contributed by atoms with Crippen molar-refractivity contribution in [1.29, 1.82) is 0 Å². The maximum atomic E-state index is 12.6. The van der Waals surface area contributed by atoms with Gasteiger partial charge in [-0.3, -0.25) is 4.79 Å². The molecule has 0 aliphatic rings. The Morgan fingerprint density at radius 1 is 1.26 bits per heavy atom. The molecule has 0 spiro atoms.